The molecule has 0 radical (unpaired) electrons. The third-order valence-electron chi connectivity index (χ3n) is 5.76. The minimum Gasteiger partial charge on any atom is -0.307 e. The number of hydrogen-bond donors (Lipinski definition) is 0. The van der Waals surface area contributed by atoms with E-state index in [1.54, 1.807) is 11.8 Å². The molecule has 0 aliphatic carbocycles. The Morgan fingerprint density at radius 1 is 1.00 bits per heavy atom. The van der Waals surface area contributed by atoms with Gasteiger partial charge in [0.2, 0.25) is 11.8 Å². The quantitative estimate of drug-likeness (QED) is 0.696. The summed E-state index contributed by atoms with van der Waals surface area (Å²) in [6, 6.07) is 14.3. The second-order valence-corrected chi connectivity index (χ2v) is 8.65. The Balaban J connectivity index is 2.01. The maximum absolute atomic E-state index is 13.4. The molecule has 2 aromatic carbocycles. The number of anilines is 2. The predicted molar refractivity (Wildman–Crippen MR) is 120 cm³/mol. The fraction of sp³-hybridized carbons (Fsp3) is 0.440. The minimum atomic E-state index is -0.103. The van der Waals surface area contributed by atoms with Gasteiger partial charge in [0.05, 0.1) is 5.69 Å². The molecule has 1 atom stereocenters. The standard InChI is InChI=1S/C25H32N2O2/c1-16(2)21-11-9-12-22(17(3)4)25(21)26(19(6)28)15-24(29)27-18(5)14-20-10-7-8-13-23(20)27/h7-13,16-18H,14-15H2,1-6H3. The summed E-state index contributed by atoms with van der Waals surface area (Å²) in [7, 11) is 0. The molecule has 0 spiro atoms. The number of carbonyl (C=O) groups is 2. The third-order valence-corrected chi connectivity index (χ3v) is 5.76. The normalized spacial score (nSPS) is 15.7. The van der Waals surface area contributed by atoms with Crippen molar-refractivity contribution in [3.63, 3.8) is 0 Å². The zero-order valence-electron chi connectivity index (χ0n) is 18.4. The molecule has 2 amide bonds. The number of nitrogens with zero attached hydrogens (tertiary/aromatic N) is 2. The van der Waals surface area contributed by atoms with Crippen LogP contribution < -0.4 is 9.80 Å². The molecule has 0 fully saturated rings. The molecule has 154 valence electrons. The molecule has 0 N–H and O–H groups in total. The van der Waals surface area contributed by atoms with E-state index in [-0.39, 0.29) is 36.2 Å². The van der Waals surface area contributed by atoms with Crippen LogP contribution in [0.5, 0.6) is 0 Å². The summed E-state index contributed by atoms with van der Waals surface area (Å²) in [4.78, 5) is 29.7. The fourth-order valence-electron chi connectivity index (χ4n) is 4.33. The highest BCUT2D eigenvalue weighted by molar-refractivity contribution is 6.05. The van der Waals surface area contributed by atoms with Crippen molar-refractivity contribution < 1.29 is 9.59 Å². The largest absolute Gasteiger partial charge is 0.307 e. The van der Waals surface area contributed by atoms with Crippen molar-refractivity contribution >= 4 is 23.2 Å². The van der Waals surface area contributed by atoms with Crippen molar-refractivity contribution in [2.24, 2.45) is 0 Å². The number of hydrogen-bond acceptors (Lipinski definition) is 2. The Kier molecular flexibility index (Phi) is 6.11. The van der Waals surface area contributed by atoms with Gasteiger partial charge in [-0.2, -0.15) is 0 Å². The lowest BCUT2D eigenvalue weighted by atomic mass is 9.91. The summed E-state index contributed by atoms with van der Waals surface area (Å²) in [5, 5.41) is 0. The van der Waals surface area contributed by atoms with E-state index < -0.39 is 0 Å². The van der Waals surface area contributed by atoms with Crippen molar-refractivity contribution in [1.29, 1.82) is 0 Å². The Labute approximate surface area is 174 Å². The molecule has 1 unspecified atom stereocenters. The van der Waals surface area contributed by atoms with Gasteiger partial charge in [0.1, 0.15) is 6.54 Å². The van der Waals surface area contributed by atoms with Crippen LogP contribution in [0.15, 0.2) is 42.5 Å². The summed E-state index contributed by atoms with van der Waals surface area (Å²) < 4.78 is 0. The zero-order chi connectivity index (χ0) is 21.3. The van der Waals surface area contributed by atoms with Crippen LogP contribution in [0.4, 0.5) is 11.4 Å². The highest BCUT2D eigenvalue weighted by Gasteiger charge is 2.33. The minimum absolute atomic E-state index is 0.0362. The lowest BCUT2D eigenvalue weighted by Crippen LogP contribution is -2.45. The molecule has 0 saturated heterocycles. The van der Waals surface area contributed by atoms with E-state index in [4.69, 9.17) is 0 Å². The molecule has 4 nitrogen and oxygen atoms in total. The molecule has 1 heterocycles. The van der Waals surface area contributed by atoms with Crippen LogP contribution in [0.3, 0.4) is 0 Å². The van der Waals surface area contributed by atoms with Gasteiger partial charge in [-0.25, -0.2) is 0 Å². The first-order valence-electron chi connectivity index (χ1n) is 10.5. The van der Waals surface area contributed by atoms with Crippen LogP contribution in [0.25, 0.3) is 0 Å². The fourth-order valence-corrected chi connectivity index (χ4v) is 4.33. The first kappa shape index (κ1) is 21.1. The number of benzene rings is 2. The Morgan fingerprint density at radius 2 is 1.59 bits per heavy atom. The van der Waals surface area contributed by atoms with Crippen LogP contribution in [0.1, 0.15) is 70.1 Å². The maximum Gasteiger partial charge on any atom is 0.247 e. The van der Waals surface area contributed by atoms with Gasteiger partial charge in [-0.3, -0.25) is 9.59 Å². The van der Waals surface area contributed by atoms with E-state index in [9.17, 15) is 9.59 Å². The summed E-state index contributed by atoms with van der Waals surface area (Å²) in [5.41, 5.74) is 5.27. The summed E-state index contributed by atoms with van der Waals surface area (Å²) in [6.45, 7) is 12.2. The van der Waals surface area contributed by atoms with E-state index in [1.165, 1.54) is 5.56 Å². The molecular weight excluding hydrogens is 360 g/mol. The molecule has 1 aliphatic heterocycles. The first-order chi connectivity index (χ1) is 13.7. The topological polar surface area (TPSA) is 40.6 Å². The van der Waals surface area contributed by atoms with Crippen molar-refractivity contribution in [2.45, 2.75) is 65.8 Å². The molecule has 3 rings (SSSR count). The molecule has 4 heteroatoms. The molecule has 1 aliphatic rings. The Hall–Kier alpha value is -2.62. The monoisotopic (exact) mass is 392 g/mol. The van der Waals surface area contributed by atoms with E-state index in [1.807, 2.05) is 29.2 Å². The number of fused-ring (bicyclic) bond motifs is 1. The SMILES string of the molecule is CC(=O)N(CC(=O)N1c2ccccc2CC1C)c1c(C(C)C)cccc1C(C)C. The van der Waals surface area contributed by atoms with Gasteiger partial charge >= 0.3 is 0 Å². The molecule has 0 bridgehead atoms. The number of para-hydroxylation sites is 2. The molecular formula is C25H32N2O2. The van der Waals surface area contributed by atoms with Crippen LogP contribution in [0, 0.1) is 0 Å². The average Bonchev–Trinajstić information content (AvgIpc) is 3.00. The van der Waals surface area contributed by atoms with Gasteiger partial charge in [-0.05, 0) is 47.9 Å². The second kappa shape index (κ2) is 8.40. The third kappa shape index (κ3) is 4.07. The zero-order valence-corrected chi connectivity index (χ0v) is 18.4. The van der Waals surface area contributed by atoms with Gasteiger partial charge in [-0.1, -0.05) is 64.1 Å². The highest BCUT2D eigenvalue weighted by Crippen LogP contribution is 2.36. The van der Waals surface area contributed by atoms with Gasteiger partial charge in [0.15, 0.2) is 0 Å². The number of amides is 2. The first-order valence-corrected chi connectivity index (χ1v) is 10.5. The van der Waals surface area contributed by atoms with Gasteiger partial charge < -0.3 is 9.80 Å². The van der Waals surface area contributed by atoms with Crippen LogP contribution in [-0.2, 0) is 16.0 Å². The number of rotatable bonds is 5. The molecule has 0 aromatic heterocycles. The Bertz CT molecular complexity index is 891. The van der Waals surface area contributed by atoms with Gasteiger partial charge in [0.25, 0.3) is 0 Å². The van der Waals surface area contributed by atoms with Crippen LogP contribution in [0.2, 0.25) is 0 Å². The van der Waals surface area contributed by atoms with Crippen molar-refractivity contribution in [1.82, 2.24) is 0 Å². The maximum atomic E-state index is 13.4. The van der Waals surface area contributed by atoms with E-state index in [2.05, 4.69) is 52.8 Å². The summed E-state index contributed by atoms with van der Waals surface area (Å²) in [6.07, 6.45) is 0.849. The van der Waals surface area contributed by atoms with Crippen molar-refractivity contribution in [3.05, 3.63) is 59.2 Å². The van der Waals surface area contributed by atoms with Crippen LogP contribution >= 0.6 is 0 Å². The molecule has 0 saturated carbocycles. The van der Waals surface area contributed by atoms with E-state index in [0.717, 1.165) is 28.9 Å². The highest BCUT2D eigenvalue weighted by atomic mass is 16.2. The average molecular weight is 393 g/mol. The van der Waals surface area contributed by atoms with Gasteiger partial charge in [-0.15, -0.1) is 0 Å². The summed E-state index contributed by atoms with van der Waals surface area (Å²) in [5.74, 6) is 0.374. The second-order valence-electron chi connectivity index (χ2n) is 8.65. The molecule has 2 aromatic rings. The summed E-state index contributed by atoms with van der Waals surface area (Å²) >= 11 is 0. The smallest absolute Gasteiger partial charge is 0.247 e. The van der Waals surface area contributed by atoms with E-state index in [0.29, 0.717) is 0 Å². The van der Waals surface area contributed by atoms with E-state index >= 15 is 0 Å². The lowest BCUT2D eigenvalue weighted by Gasteiger charge is -2.31. The Morgan fingerprint density at radius 3 is 2.14 bits per heavy atom. The van der Waals surface area contributed by atoms with Crippen molar-refractivity contribution in [2.75, 3.05) is 16.3 Å². The van der Waals surface area contributed by atoms with Crippen LogP contribution in [-0.4, -0.2) is 24.4 Å². The van der Waals surface area contributed by atoms with Gasteiger partial charge in [0, 0.05) is 18.7 Å². The lowest BCUT2D eigenvalue weighted by molar-refractivity contribution is -0.121. The molecule has 29 heavy (non-hydrogen) atoms. The predicted octanol–water partition coefficient (Wildman–Crippen LogP) is 5.26. The van der Waals surface area contributed by atoms with Crippen molar-refractivity contribution in [3.8, 4) is 0 Å². The number of carbonyl (C=O) groups excluding carboxylic acids is 2.